The Hall–Kier alpha value is -1.10. The van der Waals surface area contributed by atoms with Crippen molar-refractivity contribution in [1.82, 2.24) is 10.2 Å². The third kappa shape index (κ3) is 3.69. The molecule has 0 bridgehead atoms. The second-order valence-electron chi connectivity index (χ2n) is 4.88. The molecule has 1 aromatic carbocycles. The van der Waals surface area contributed by atoms with Gasteiger partial charge in [0.05, 0.1) is 6.54 Å². The molecule has 1 aliphatic heterocycles. The van der Waals surface area contributed by atoms with Gasteiger partial charge in [0.2, 0.25) is 5.91 Å². The number of benzene rings is 1. The highest BCUT2D eigenvalue weighted by Gasteiger charge is 2.24. The number of likely N-dealkylation sites (N-methyl/N-ethyl adjacent to an activating group) is 1. The van der Waals surface area contributed by atoms with E-state index in [1.165, 1.54) is 0 Å². The molecule has 0 spiro atoms. The van der Waals surface area contributed by atoms with Crippen molar-refractivity contribution in [1.29, 1.82) is 0 Å². The van der Waals surface area contributed by atoms with E-state index < -0.39 is 0 Å². The summed E-state index contributed by atoms with van der Waals surface area (Å²) < 4.78 is 0. The van der Waals surface area contributed by atoms with E-state index in [1.807, 2.05) is 19.1 Å². The maximum Gasteiger partial charge on any atom is 0.238 e. The molecule has 2 N–H and O–H groups in total. The van der Waals surface area contributed by atoms with Crippen molar-refractivity contribution in [3.63, 3.8) is 0 Å². The number of hydrogen-bond donors (Lipinski definition) is 2. The van der Waals surface area contributed by atoms with Gasteiger partial charge in [-0.15, -0.1) is 0 Å². The average Bonchev–Trinajstić information content (AvgIpc) is 2.29. The fourth-order valence-corrected chi connectivity index (χ4v) is 2.40. The van der Waals surface area contributed by atoms with Crippen molar-refractivity contribution < 1.29 is 4.79 Å². The molecule has 2 rings (SSSR count). The smallest absolute Gasteiger partial charge is 0.238 e. The Bertz CT molecular complexity index is 460. The van der Waals surface area contributed by atoms with Crippen molar-refractivity contribution in [2.24, 2.45) is 0 Å². The van der Waals surface area contributed by atoms with Crippen LogP contribution in [0.2, 0.25) is 5.02 Å². The number of nitrogens with one attached hydrogen (secondary N) is 2. The zero-order chi connectivity index (χ0) is 13.8. The second-order valence-corrected chi connectivity index (χ2v) is 5.32. The van der Waals surface area contributed by atoms with Crippen LogP contribution in [0.1, 0.15) is 12.5 Å². The lowest BCUT2D eigenvalue weighted by Gasteiger charge is -2.37. The molecule has 0 aliphatic carbocycles. The molecule has 5 heteroatoms. The summed E-state index contributed by atoms with van der Waals surface area (Å²) in [6.45, 7) is 7.29. The van der Waals surface area contributed by atoms with E-state index in [2.05, 4.69) is 22.5 Å². The molecule has 0 unspecified atom stereocenters. The van der Waals surface area contributed by atoms with Crippen molar-refractivity contribution in [3.05, 3.63) is 28.8 Å². The number of aryl methyl sites for hydroxylation is 1. The monoisotopic (exact) mass is 281 g/mol. The first-order chi connectivity index (χ1) is 9.10. The number of carbonyl (C=O) groups is 1. The van der Waals surface area contributed by atoms with Gasteiger partial charge in [0.15, 0.2) is 0 Å². The quantitative estimate of drug-likeness (QED) is 0.866. The highest BCUT2D eigenvalue weighted by molar-refractivity contribution is 6.30. The first-order valence-electron chi connectivity index (χ1n) is 6.61. The zero-order valence-electron chi connectivity index (χ0n) is 11.4. The van der Waals surface area contributed by atoms with Gasteiger partial charge in [0, 0.05) is 29.8 Å². The molecule has 0 aromatic heterocycles. The van der Waals surface area contributed by atoms with E-state index in [0.717, 1.165) is 30.9 Å². The summed E-state index contributed by atoms with van der Waals surface area (Å²) in [6, 6.07) is 5.97. The molecule has 1 saturated heterocycles. The third-order valence-corrected chi connectivity index (χ3v) is 3.73. The minimum atomic E-state index is 0.0270. The molecule has 0 radical (unpaired) electrons. The first kappa shape index (κ1) is 14.3. The van der Waals surface area contributed by atoms with Gasteiger partial charge in [-0.05, 0) is 37.2 Å². The maximum atomic E-state index is 12.1. The topological polar surface area (TPSA) is 44.4 Å². The average molecular weight is 282 g/mol. The summed E-state index contributed by atoms with van der Waals surface area (Å²) in [6.07, 6.45) is 0. The Morgan fingerprint density at radius 1 is 1.53 bits per heavy atom. The van der Waals surface area contributed by atoms with E-state index in [1.54, 1.807) is 6.07 Å². The van der Waals surface area contributed by atoms with Gasteiger partial charge in [0.25, 0.3) is 0 Å². The number of halogens is 1. The highest BCUT2D eigenvalue weighted by atomic mass is 35.5. The summed E-state index contributed by atoms with van der Waals surface area (Å²) in [7, 11) is 0. The molecule has 4 nitrogen and oxygen atoms in total. The van der Waals surface area contributed by atoms with Crippen LogP contribution < -0.4 is 10.6 Å². The number of carbonyl (C=O) groups excluding carboxylic acids is 1. The van der Waals surface area contributed by atoms with Crippen LogP contribution in [0, 0.1) is 6.92 Å². The first-order valence-corrected chi connectivity index (χ1v) is 6.98. The lowest BCUT2D eigenvalue weighted by molar-refractivity contribution is -0.118. The van der Waals surface area contributed by atoms with Crippen molar-refractivity contribution in [2.75, 3.05) is 31.5 Å². The zero-order valence-corrected chi connectivity index (χ0v) is 12.1. The normalized spacial score (nSPS) is 15.4. The minimum absolute atomic E-state index is 0.0270. The van der Waals surface area contributed by atoms with Gasteiger partial charge in [-0.1, -0.05) is 18.5 Å². The molecule has 0 saturated carbocycles. The van der Waals surface area contributed by atoms with Gasteiger partial charge in [-0.25, -0.2) is 0 Å². The summed E-state index contributed by atoms with van der Waals surface area (Å²) in [4.78, 5) is 14.2. The van der Waals surface area contributed by atoms with Crippen LogP contribution in [0.15, 0.2) is 18.2 Å². The summed E-state index contributed by atoms with van der Waals surface area (Å²) in [5, 5.41) is 6.86. The van der Waals surface area contributed by atoms with Crippen LogP contribution in [0.4, 0.5) is 5.69 Å². The van der Waals surface area contributed by atoms with Crippen LogP contribution in [-0.4, -0.2) is 43.0 Å². The lowest BCUT2D eigenvalue weighted by atomic mass is 10.1. The second kappa shape index (κ2) is 6.37. The van der Waals surface area contributed by atoms with Crippen molar-refractivity contribution >= 4 is 23.2 Å². The predicted octanol–water partition coefficient (Wildman–Crippen LogP) is 1.88. The highest BCUT2D eigenvalue weighted by Crippen LogP contribution is 2.19. The number of hydrogen-bond acceptors (Lipinski definition) is 3. The fraction of sp³-hybridized carbons (Fsp3) is 0.500. The number of nitrogens with zero attached hydrogens (tertiary/aromatic N) is 1. The SMILES string of the molecule is CCN(CC(=O)Nc1ccc(Cl)cc1C)C1CNC1. The van der Waals surface area contributed by atoms with Gasteiger partial charge < -0.3 is 10.6 Å². The Labute approximate surface area is 119 Å². The van der Waals surface area contributed by atoms with Crippen molar-refractivity contribution in [3.8, 4) is 0 Å². The molecular weight excluding hydrogens is 262 g/mol. The van der Waals surface area contributed by atoms with Crippen LogP contribution in [0.25, 0.3) is 0 Å². The molecular formula is C14H20ClN3O. The molecule has 1 aromatic rings. The third-order valence-electron chi connectivity index (χ3n) is 3.49. The van der Waals surface area contributed by atoms with Crippen LogP contribution in [0.5, 0.6) is 0 Å². The van der Waals surface area contributed by atoms with E-state index in [0.29, 0.717) is 17.6 Å². The van der Waals surface area contributed by atoms with E-state index in [4.69, 9.17) is 11.6 Å². The molecule has 104 valence electrons. The van der Waals surface area contributed by atoms with Crippen LogP contribution in [0.3, 0.4) is 0 Å². The predicted molar refractivity (Wildman–Crippen MR) is 78.7 cm³/mol. The summed E-state index contributed by atoms with van der Waals surface area (Å²) >= 11 is 5.90. The molecule has 1 fully saturated rings. The van der Waals surface area contributed by atoms with Crippen LogP contribution >= 0.6 is 11.6 Å². The molecule has 19 heavy (non-hydrogen) atoms. The minimum Gasteiger partial charge on any atom is -0.325 e. The van der Waals surface area contributed by atoms with Gasteiger partial charge in [-0.2, -0.15) is 0 Å². The van der Waals surface area contributed by atoms with E-state index in [9.17, 15) is 4.79 Å². The van der Waals surface area contributed by atoms with Gasteiger partial charge >= 0.3 is 0 Å². The number of amides is 1. The molecule has 1 amide bonds. The Morgan fingerprint density at radius 2 is 2.26 bits per heavy atom. The van der Waals surface area contributed by atoms with Gasteiger partial charge in [-0.3, -0.25) is 9.69 Å². The Balaban J connectivity index is 1.92. The van der Waals surface area contributed by atoms with E-state index in [-0.39, 0.29) is 5.91 Å². The van der Waals surface area contributed by atoms with Crippen molar-refractivity contribution in [2.45, 2.75) is 19.9 Å². The number of anilines is 1. The molecule has 1 aliphatic rings. The maximum absolute atomic E-state index is 12.1. The van der Waals surface area contributed by atoms with Crippen LogP contribution in [-0.2, 0) is 4.79 Å². The standard InChI is InChI=1S/C14H20ClN3O/c1-3-18(12-7-16-8-12)9-14(19)17-13-5-4-11(15)6-10(13)2/h4-6,12,16H,3,7-9H2,1-2H3,(H,17,19). The lowest BCUT2D eigenvalue weighted by Crippen LogP contribution is -2.58. The van der Waals surface area contributed by atoms with E-state index >= 15 is 0 Å². The summed E-state index contributed by atoms with van der Waals surface area (Å²) in [5.41, 5.74) is 1.81. The Kier molecular flexibility index (Phi) is 4.80. The molecule has 1 heterocycles. The number of rotatable bonds is 5. The largest absolute Gasteiger partial charge is 0.325 e. The molecule has 0 atom stereocenters. The fourth-order valence-electron chi connectivity index (χ4n) is 2.17. The summed E-state index contributed by atoms with van der Waals surface area (Å²) in [5.74, 6) is 0.0270. The van der Waals surface area contributed by atoms with Gasteiger partial charge in [0.1, 0.15) is 0 Å². The Morgan fingerprint density at radius 3 is 2.79 bits per heavy atom.